The number of thiophene rings is 1. The number of aryl methyl sites for hydroxylation is 1. The molecule has 0 aliphatic carbocycles. The number of aromatic nitrogens is 3. The van der Waals surface area contributed by atoms with Crippen LogP contribution in [0.2, 0.25) is 0 Å². The van der Waals surface area contributed by atoms with E-state index in [1.54, 1.807) is 16.0 Å². The van der Waals surface area contributed by atoms with Crippen molar-refractivity contribution >= 4 is 17.2 Å². The molecule has 2 aromatic heterocycles. The summed E-state index contributed by atoms with van der Waals surface area (Å²) in [7, 11) is 0. The first-order chi connectivity index (χ1) is 13.7. The van der Waals surface area contributed by atoms with Gasteiger partial charge in [0.1, 0.15) is 0 Å². The molecule has 140 valence electrons. The molecule has 0 spiro atoms. The molecule has 2 heterocycles. The number of carbonyl (C=O) groups is 1. The smallest absolute Gasteiger partial charge is 0.291 e. The predicted octanol–water partition coefficient (Wildman–Crippen LogP) is 4.28. The van der Waals surface area contributed by atoms with E-state index in [4.69, 9.17) is 0 Å². The van der Waals surface area contributed by atoms with Gasteiger partial charge in [-0.05, 0) is 42.5 Å². The van der Waals surface area contributed by atoms with E-state index in [2.05, 4.69) is 21.5 Å². The second kappa shape index (κ2) is 8.19. The fraction of sp³-hybridized carbons (Fsp3) is 0.136. The number of rotatable bonds is 6. The summed E-state index contributed by atoms with van der Waals surface area (Å²) in [5.74, 6) is 0.557. The van der Waals surface area contributed by atoms with Crippen molar-refractivity contribution in [3.63, 3.8) is 0 Å². The highest BCUT2D eigenvalue weighted by atomic mass is 32.1. The summed E-state index contributed by atoms with van der Waals surface area (Å²) in [6, 6.07) is 21.9. The van der Waals surface area contributed by atoms with Crippen LogP contribution in [-0.4, -0.2) is 27.2 Å². The number of nitrogens with one attached hydrogen (secondary N) is 1. The van der Waals surface area contributed by atoms with Crippen molar-refractivity contribution in [2.24, 2.45) is 0 Å². The zero-order valence-corrected chi connectivity index (χ0v) is 16.3. The SMILES string of the molecule is Cc1cccc(-n2nc(C(=O)NCCc3cccs3)nc2-c2ccccc2)c1. The van der Waals surface area contributed by atoms with Crippen LogP contribution in [0.5, 0.6) is 0 Å². The lowest BCUT2D eigenvalue weighted by Crippen LogP contribution is -2.26. The van der Waals surface area contributed by atoms with Gasteiger partial charge in [-0.1, -0.05) is 48.5 Å². The summed E-state index contributed by atoms with van der Waals surface area (Å²) in [5, 5.41) is 9.47. The van der Waals surface area contributed by atoms with Crippen LogP contribution >= 0.6 is 11.3 Å². The summed E-state index contributed by atoms with van der Waals surface area (Å²) in [5.41, 5.74) is 2.91. The standard InChI is InChI=1S/C22H20N4OS/c1-16-7-5-10-18(15-16)26-21(17-8-3-2-4-9-17)24-20(25-26)22(27)23-13-12-19-11-6-14-28-19/h2-11,14-15H,12-13H2,1H3,(H,23,27). The Morgan fingerprint density at radius 2 is 1.93 bits per heavy atom. The molecule has 0 aliphatic heterocycles. The van der Waals surface area contributed by atoms with E-state index in [9.17, 15) is 4.79 Å². The van der Waals surface area contributed by atoms with Crippen LogP contribution in [0.25, 0.3) is 17.1 Å². The van der Waals surface area contributed by atoms with E-state index >= 15 is 0 Å². The molecule has 0 saturated carbocycles. The molecule has 6 heteroatoms. The van der Waals surface area contributed by atoms with Gasteiger partial charge in [-0.25, -0.2) is 9.67 Å². The van der Waals surface area contributed by atoms with Gasteiger partial charge in [0.05, 0.1) is 5.69 Å². The van der Waals surface area contributed by atoms with Crippen LogP contribution in [0, 0.1) is 6.92 Å². The van der Waals surface area contributed by atoms with E-state index in [-0.39, 0.29) is 11.7 Å². The quantitative estimate of drug-likeness (QED) is 0.536. The Labute approximate surface area is 167 Å². The van der Waals surface area contributed by atoms with E-state index in [1.165, 1.54) is 4.88 Å². The lowest BCUT2D eigenvalue weighted by molar-refractivity contribution is 0.0944. The number of hydrogen-bond acceptors (Lipinski definition) is 4. The molecule has 1 N–H and O–H groups in total. The first-order valence-corrected chi connectivity index (χ1v) is 9.99. The maximum atomic E-state index is 12.6. The van der Waals surface area contributed by atoms with Gasteiger partial charge in [0, 0.05) is 17.0 Å². The molecule has 4 aromatic rings. The molecule has 0 atom stereocenters. The van der Waals surface area contributed by atoms with Gasteiger partial charge in [-0.2, -0.15) is 0 Å². The first-order valence-electron chi connectivity index (χ1n) is 9.11. The molecular weight excluding hydrogens is 368 g/mol. The fourth-order valence-corrected chi connectivity index (χ4v) is 3.66. The second-order valence-corrected chi connectivity index (χ2v) is 7.49. The van der Waals surface area contributed by atoms with Crippen LogP contribution < -0.4 is 5.32 Å². The van der Waals surface area contributed by atoms with Gasteiger partial charge in [0.25, 0.3) is 5.91 Å². The first kappa shape index (κ1) is 18.1. The molecule has 0 saturated heterocycles. The van der Waals surface area contributed by atoms with Crippen LogP contribution in [0.4, 0.5) is 0 Å². The summed E-state index contributed by atoms with van der Waals surface area (Å²) in [6.45, 7) is 2.58. The van der Waals surface area contributed by atoms with Crippen molar-refractivity contribution in [1.29, 1.82) is 0 Å². The molecule has 0 bridgehead atoms. The Hall–Kier alpha value is -3.25. The summed E-state index contributed by atoms with van der Waals surface area (Å²) < 4.78 is 1.73. The Bertz CT molecular complexity index is 1070. The third-order valence-corrected chi connectivity index (χ3v) is 5.26. The minimum atomic E-state index is -0.264. The predicted molar refractivity (Wildman–Crippen MR) is 112 cm³/mol. The minimum absolute atomic E-state index is 0.173. The number of hydrogen-bond donors (Lipinski definition) is 1. The Kier molecular flexibility index (Phi) is 5.30. The summed E-state index contributed by atoms with van der Waals surface area (Å²) in [4.78, 5) is 18.4. The van der Waals surface area contributed by atoms with E-state index in [0.29, 0.717) is 12.4 Å². The molecule has 0 radical (unpaired) electrons. The molecular formula is C22H20N4OS. The largest absolute Gasteiger partial charge is 0.349 e. The average Bonchev–Trinajstić information content (AvgIpc) is 3.39. The van der Waals surface area contributed by atoms with Gasteiger partial charge in [-0.3, -0.25) is 4.79 Å². The maximum Gasteiger partial charge on any atom is 0.291 e. The van der Waals surface area contributed by atoms with Gasteiger partial charge < -0.3 is 5.32 Å². The molecule has 0 aliphatic rings. The van der Waals surface area contributed by atoms with Crippen molar-refractivity contribution < 1.29 is 4.79 Å². The van der Waals surface area contributed by atoms with Crippen LogP contribution in [0.1, 0.15) is 21.1 Å². The fourth-order valence-electron chi connectivity index (χ4n) is 2.96. The Morgan fingerprint density at radius 1 is 1.07 bits per heavy atom. The highest BCUT2D eigenvalue weighted by Gasteiger charge is 2.18. The van der Waals surface area contributed by atoms with E-state index in [0.717, 1.165) is 23.2 Å². The lowest BCUT2D eigenvalue weighted by atomic mass is 10.2. The number of amides is 1. The molecule has 4 rings (SSSR count). The molecule has 28 heavy (non-hydrogen) atoms. The number of carbonyl (C=O) groups excluding carboxylic acids is 1. The van der Waals surface area contributed by atoms with Crippen LogP contribution in [0.3, 0.4) is 0 Å². The van der Waals surface area contributed by atoms with Crippen molar-refractivity contribution in [2.45, 2.75) is 13.3 Å². The van der Waals surface area contributed by atoms with Gasteiger partial charge in [-0.15, -0.1) is 16.4 Å². The van der Waals surface area contributed by atoms with Crippen molar-refractivity contribution in [3.8, 4) is 17.1 Å². The number of benzene rings is 2. The monoisotopic (exact) mass is 388 g/mol. The zero-order chi connectivity index (χ0) is 19.3. The molecule has 1 amide bonds. The second-order valence-electron chi connectivity index (χ2n) is 6.46. The average molecular weight is 388 g/mol. The van der Waals surface area contributed by atoms with E-state index < -0.39 is 0 Å². The Morgan fingerprint density at radius 3 is 2.68 bits per heavy atom. The molecule has 5 nitrogen and oxygen atoms in total. The van der Waals surface area contributed by atoms with Gasteiger partial charge in [0.15, 0.2) is 5.82 Å². The zero-order valence-electron chi connectivity index (χ0n) is 15.5. The lowest BCUT2D eigenvalue weighted by Gasteiger charge is -2.06. The van der Waals surface area contributed by atoms with Crippen molar-refractivity contribution in [1.82, 2.24) is 20.1 Å². The van der Waals surface area contributed by atoms with Gasteiger partial charge in [0.2, 0.25) is 5.82 Å². The highest BCUT2D eigenvalue weighted by molar-refractivity contribution is 7.09. The van der Waals surface area contributed by atoms with Crippen molar-refractivity contribution in [3.05, 3.63) is 88.4 Å². The number of nitrogens with zero attached hydrogens (tertiary/aromatic N) is 3. The third-order valence-electron chi connectivity index (χ3n) is 4.33. The van der Waals surface area contributed by atoms with E-state index in [1.807, 2.05) is 73.0 Å². The molecule has 0 unspecified atom stereocenters. The van der Waals surface area contributed by atoms with Crippen LogP contribution in [0.15, 0.2) is 72.1 Å². The summed E-state index contributed by atoms with van der Waals surface area (Å²) >= 11 is 1.69. The normalized spacial score (nSPS) is 10.8. The van der Waals surface area contributed by atoms with Crippen molar-refractivity contribution in [2.75, 3.05) is 6.54 Å². The van der Waals surface area contributed by atoms with Gasteiger partial charge >= 0.3 is 0 Å². The summed E-state index contributed by atoms with van der Waals surface area (Å²) in [6.07, 6.45) is 0.799. The third kappa shape index (κ3) is 4.02. The Balaban J connectivity index is 1.62. The van der Waals surface area contributed by atoms with Crippen LogP contribution in [-0.2, 0) is 6.42 Å². The minimum Gasteiger partial charge on any atom is -0.349 e. The molecule has 0 fully saturated rings. The molecule has 2 aromatic carbocycles. The topological polar surface area (TPSA) is 59.8 Å². The maximum absolute atomic E-state index is 12.6. The highest BCUT2D eigenvalue weighted by Crippen LogP contribution is 2.21.